The largest absolute Gasteiger partial charge is 0.381 e. The van der Waals surface area contributed by atoms with Crippen LogP contribution in [-0.2, 0) is 9.59 Å². The van der Waals surface area contributed by atoms with E-state index in [1.165, 1.54) is 0 Å². The fourth-order valence-corrected chi connectivity index (χ4v) is 0.833. The summed E-state index contributed by atoms with van der Waals surface area (Å²) in [5.41, 5.74) is 10.5. The van der Waals surface area contributed by atoms with Crippen molar-refractivity contribution < 1.29 is 14.7 Å². The van der Waals surface area contributed by atoms with E-state index in [0.717, 1.165) is 0 Å². The first kappa shape index (κ1) is 13.9. The second-order valence-corrected chi connectivity index (χ2v) is 3.83. The zero-order valence-corrected chi connectivity index (χ0v) is 9.06. The van der Waals surface area contributed by atoms with Crippen LogP contribution in [0.4, 0.5) is 0 Å². The molecule has 0 aliphatic carbocycles. The standard InChI is InChI=1S/C9H19N3O3/c1-5(2)6(10)3-8(14)12-4-7(13)9(11)15/h5-7,13H,3-4,10H2,1-2H3,(H2,11,15)(H,12,14). The fourth-order valence-electron chi connectivity index (χ4n) is 0.833. The zero-order chi connectivity index (χ0) is 12.0. The van der Waals surface area contributed by atoms with E-state index in [4.69, 9.17) is 16.6 Å². The molecule has 0 aliphatic rings. The first-order valence-corrected chi connectivity index (χ1v) is 4.84. The number of primary amides is 1. The van der Waals surface area contributed by atoms with Crippen molar-refractivity contribution in [1.82, 2.24) is 5.32 Å². The van der Waals surface area contributed by atoms with E-state index < -0.39 is 12.0 Å². The quantitative estimate of drug-likeness (QED) is 0.425. The highest BCUT2D eigenvalue weighted by Gasteiger charge is 2.15. The molecule has 0 aliphatic heterocycles. The third-order valence-corrected chi connectivity index (χ3v) is 2.10. The maximum Gasteiger partial charge on any atom is 0.248 e. The van der Waals surface area contributed by atoms with Gasteiger partial charge in [0, 0.05) is 12.5 Å². The first-order valence-electron chi connectivity index (χ1n) is 4.84. The number of amides is 2. The van der Waals surface area contributed by atoms with Crippen LogP contribution in [0.5, 0.6) is 0 Å². The Morgan fingerprint density at radius 2 is 1.93 bits per heavy atom. The molecular formula is C9H19N3O3. The molecule has 0 saturated carbocycles. The molecule has 6 nitrogen and oxygen atoms in total. The van der Waals surface area contributed by atoms with Crippen LogP contribution in [0.15, 0.2) is 0 Å². The number of nitrogens with one attached hydrogen (secondary N) is 1. The van der Waals surface area contributed by atoms with E-state index in [-0.39, 0.29) is 30.8 Å². The van der Waals surface area contributed by atoms with Gasteiger partial charge < -0.3 is 21.9 Å². The average molecular weight is 217 g/mol. The predicted molar refractivity (Wildman–Crippen MR) is 55.6 cm³/mol. The molecule has 0 bridgehead atoms. The van der Waals surface area contributed by atoms with Gasteiger partial charge in [-0.05, 0) is 5.92 Å². The van der Waals surface area contributed by atoms with Crippen molar-refractivity contribution in [2.45, 2.75) is 32.4 Å². The third kappa shape index (κ3) is 6.03. The van der Waals surface area contributed by atoms with Crippen molar-refractivity contribution in [3.63, 3.8) is 0 Å². The minimum Gasteiger partial charge on any atom is -0.381 e. The van der Waals surface area contributed by atoms with Crippen molar-refractivity contribution in [3.8, 4) is 0 Å². The Morgan fingerprint density at radius 1 is 1.40 bits per heavy atom. The monoisotopic (exact) mass is 217 g/mol. The molecule has 2 amide bonds. The number of carbonyl (C=O) groups is 2. The number of hydrogen-bond donors (Lipinski definition) is 4. The molecule has 0 radical (unpaired) electrons. The SMILES string of the molecule is CC(C)C(N)CC(=O)NCC(O)C(N)=O. The lowest BCUT2D eigenvalue weighted by Gasteiger charge is -2.15. The smallest absolute Gasteiger partial charge is 0.248 e. The normalized spacial score (nSPS) is 14.7. The van der Waals surface area contributed by atoms with E-state index >= 15 is 0 Å². The van der Waals surface area contributed by atoms with E-state index in [0.29, 0.717) is 0 Å². The molecule has 6 heteroatoms. The summed E-state index contributed by atoms with van der Waals surface area (Å²) in [7, 11) is 0. The highest BCUT2D eigenvalue weighted by Crippen LogP contribution is 2.02. The summed E-state index contributed by atoms with van der Waals surface area (Å²) in [6.07, 6.45) is -1.17. The summed E-state index contributed by atoms with van der Waals surface area (Å²) in [5.74, 6) is -0.947. The third-order valence-electron chi connectivity index (χ3n) is 2.10. The van der Waals surface area contributed by atoms with Crippen LogP contribution in [0, 0.1) is 5.92 Å². The minimum absolute atomic E-state index is 0.168. The summed E-state index contributed by atoms with van der Waals surface area (Å²) in [4.78, 5) is 21.7. The molecule has 0 aromatic heterocycles. The molecule has 88 valence electrons. The van der Waals surface area contributed by atoms with Crippen molar-refractivity contribution in [1.29, 1.82) is 0 Å². The van der Waals surface area contributed by atoms with Gasteiger partial charge in [-0.15, -0.1) is 0 Å². The molecule has 15 heavy (non-hydrogen) atoms. The Labute approximate surface area is 89.0 Å². The van der Waals surface area contributed by atoms with Gasteiger partial charge in [0.2, 0.25) is 11.8 Å². The van der Waals surface area contributed by atoms with Gasteiger partial charge in [0.15, 0.2) is 0 Å². The molecule has 2 atom stereocenters. The summed E-state index contributed by atoms with van der Waals surface area (Å²) < 4.78 is 0. The van der Waals surface area contributed by atoms with Crippen molar-refractivity contribution in [2.75, 3.05) is 6.54 Å². The number of carbonyl (C=O) groups excluding carboxylic acids is 2. The molecule has 0 heterocycles. The van der Waals surface area contributed by atoms with Crippen LogP contribution in [0.2, 0.25) is 0 Å². The zero-order valence-electron chi connectivity index (χ0n) is 9.06. The van der Waals surface area contributed by atoms with Crippen LogP contribution in [-0.4, -0.2) is 35.6 Å². The number of nitrogens with two attached hydrogens (primary N) is 2. The number of hydrogen-bond acceptors (Lipinski definition) is 4. The summed E-state index contributed by atoms with van der Waals surface area (Å²) in [5, 5.41) is 11.4. The highest BCUT2D eigenvalue weighted by atomic mass is 16.3. The van der Waals surface area contributed by atoms with E-state index in [2.05, 4.69) is 5.32 Å². The van der Waals surface area contributed by atoms with Crippen LogP contribution in [0.1, 0.15) is 20.3 Å². The van der Waals surface area contributed by atoms with Crippen molar-refractivity contribution in [3.05, 3.63) is 0 Å². The van der Waals surface area contributed by atoms with Gasteiger partial charge in [-0.25, -0.2) is 0 Å². The second-order valence-electron chi connectivity index (χ2n) is 3.83. The molecule has 0 aromatic rings. The molecule has 2 unspecified atom stereocenters. The summed E-state index contributed by atoms with van der Waals surface area (Å²) in [6, 6.07) is -0.226. The second kappa shape index (κ2) is 6.36. The molecule has 0 rings (SSSR count). The lowest BCUT2D eigenvalue weighted by molar-refractivity contribution is -0.127. The van der Waals surface area contributed by atoms with Gasteiger partial charge in [0.1, 0.15) is 6.10 Å². The minimum atomic E-state index is -1.34. The number of aliphatic hydroxyl groups excluding tert-OH is 1. The van der Waals surface area contributed by atoms with Crippen LogP contribution in [0.25, 0.3) is 0 Å². The predicted octanol–water partition coefficient (Wildman–Crippen LogP) is -1.68. The van der Waals surface area contributed by atoms with Gasteiger partial charge in [-0.2, -0.15) is 0 Å². The van der Waals surface area contributed by atoms with Crippen LogP contribution < -0.4 is 16.8 Å². The molecule has 0 fully saturated rings. The molecule has 0 aromatic carbocycles. The van der Waals surface area contributed by atoms with Crippen molar-refractivity contribution in [2.24, 2.45) is 17.4 Å². The molecular weight excluding hydrogens is 198 g/mol. The lowest BCUT2D eigenvalue weighted by atomic mass is 10.0. The molecule has 0 spiro atoms. The topological polar surface area (TPSA) is 118 Å². The van der Waals surface area contributed by atoms with Gasteiger partial charge in [0.05, 0.1) is 6.54 Å². The highest BCUT2D eigenvalue weighted by molar-refractivity contribution is 5.81. The van der Waals surface area contributed by atoms with Gasteiger partial charge >= 0.3 is 0 Å². The number of rotatable bonds is 6. The molecule has 0 saturated heterocycles. The summed E-state index contributed by atoms with van der Waals surface area (Å²) >= 11 is 0. The average Bonchev–Trinajstić information content (AvgIpc) is 2.13. The Morgan fingerprint density at radius 3 is 2.33 bits per heavy atom. The van der Waals surface area contributed by atoms with Crippen LogP contribution in [0.3, 0.4) is 0 Å². The van der Waals surface area contributed by atoms with Gasteiger partial charge in [0.25, 0.3) is 0 Å². The Balaban J connectivity index is 3.80. The molecule has 6 N–H and O–H groups in total. The Kier molecular flexibility index (Phi) is 5.88. The van der Waals surface area contributed by atoms with Gasteiger partial charge in [-0.1, -0.05) is 13.8 Å². The van der Waals surface area contributed by atoms with Crippen LogP contribution >= 0.6 is 0 Å². The van der Waals surface area contributed by atoms with E-state index in [1.54, 1.807) is 0 Å². The van der Waals surface area contributed by atoms with Crippen molar-refractivity contribution >= 4 is 11.8 Å². The fraction of sp³-hybridized carbons (Fsp3) is 0.778. The lowest BCUT2D eigenvalue weighted by Crippen LogP contribution is -2.42. The van der Waals surface area contributed by atoms with Gasteiger partial charge in [-0.3, -0.25) is 9.59 Å². The maximum atomic E-state index is 11.2. The van der Waals surface area contributed by atoms with E-state index in [1.807, 2.05) is 13.8 Å². The maximum absolute atomic E-state index is 11.2. The Hall–Kier alpha value is -1.14. The van der Waals surface area contributed by atoms with E-state index in [9.17, 15) is 9.59 Å². The summed E-state index contributed by atoms with van der Waals surface area (Å²) in [6.45, 7) is 3.66. The number of aliphatic hydroxyl groups is 1. The Bertz CT molecular complexity index is 231. The first-order chi connectivity index (χ1) is 6.84.